The highest BCUT2D eigenvalue weighted by molar-refractivity contribution is 6.08. The van der Waals surface area contributed by atoms with Gasteiger partial charge in [-0.15, -0.1) is 0 Å². The van der Waals surface area contributed by atoms with Gasteiger partial charge in [-0.05, 0) is 35.9 Å². The number of hydrogen-bond donors (Lipinski definition) is 3. The fourth-order valence-electron chi connectivity index (χ4n) is 2.56. The van der Waals surface area contributed by atoms with Gasteiger partial charge in [-0.3, -0.25) is 4.79 Å². The van der Waals surface area contributed by atoms with Crippen molar-refractivity contribution in [1.29, 1.82) is 0 Å². The number of anilines is 2. The topological polar surface area (TPSA) is 78.4 Å². The van der Waals surface area contributed by atoms with Crippen molar-refractivity contribution in [3.63, 3.8) is 0 Å². The van der Waals surface area contributed by atoms with Crippen molar-refractivity contribution >= 4 is 23.3 Å². The molecule has 0 bridgehead atoms. The van der Waals surface area contributed by atoms with Crippen molar-refractivity contribution in [2.75, 3.05) is 10.6 Å². The SMILES string of the molecule is O=C(O)c1cccc(NC(=O)c2ccccc2NCc2ccccc2)c1. The van der Waals surface area contributed by atoms with Crippen LogP contribution in [-0.2, 0) is 6.54 Å². The van der Waals surface area contributed by atoms with Crippen LogP contribution in [0.3, 0.4) is 0 Å². The smallest absolute Gasteiger partial charge is 0.335 e. The number of nitrogens with one attached hydrogen (secondary N) is 2. The maximum absolute atomic E-state index is 12.6. The van der Waals surface area contributed by atoms with Crippen LogP contribution in [0.25, 0.3) is 0 Å². The van der Waals surface area contributed by atoms with Gasteiger partial charge in [0.05, 0.1) is 11.1 Å². The van der Waals surface area contributed by atoms with E-state index in [0.29, 0.717) is 23.5 Å². The zero-order valence-electron chi connectivity index (χ0n) is 14.0. The van der Waals surface area contributed by atoms with Gasteiger partial charge in [-0.2, -0.15) is 0 Å². The number of rotatable bonds is 6. The Kier molecular flexibility index (Phi) is 5.29. The van der Waals surface area contributed by atoms with Crippen molar-refractivity contribution in [2.45, 2.75) is 6.54 Å². The quantitative estimate of drug-likeness (QED) is 0.623. The van der Waals surface area contributed by atoms with E-state index in [4.69, 9.17) is 5.11 Å². The molecule has 0 radical (unpaired) electrons. The number of benzene rings is 3. The zero-order valence-corrected chi connectivity index (χ0v) is 14.0. The number of carbonyl (C=O) groups is 2. The Hall–Kier alpha value is -3.60. The van der Waals surface area contributed by atoms with Gasteiger partial charge in [0.15, 0.2) is 0 Å². The molecule has 0 fully saturated rings. The summed E-state index contributed by atoms with van der Waals surface area (Å²) in [4.78, 5) is 23.7. The maximum atomic E-state index is 12.6. The summed E-state index contributed by atoms with van der Waals surface area (Å²) in [6, 6.07) is 23.3. The van der Waals surface area contributed by atoms with Crippen molar-refractivity contribution in [3.05, 3.63) is 95.6 Å². The minimum Gasteiger partial charge on any atom is -0.478 e. The van der Waals surface area contributed by atoms with Crippen molar-refractivity contribution in [3.8, 4) is 0 Å². The third kappa shape index (κ3) is 4.27. The lowest BCUT2D eigenvalue weighted by Gasteiger charge is -2.12. The van der Waals surface area contributed by atoms with Crippen LogP contribution in [0.2, 0.25) is 0 Å². The van der Waals surface area contributed by atoms with E-state index in [-0.39, 0.29) is 11.5 Å². The summed E-state index contributed by atoms with van der Waals surface area (Å²) in [7, 11) is 0. The Balaban J connectivity index is 1.75. The molecule has 5 nitrogen and oxygen atoms in total. The first-order chi connectivity index (χ1) is 12.6. The molecule has 0 saturated carbocycles. The molecule has 0 aromatic heterocycles. The first-order valence-electron chi connectivity index (χ1n) is 8.15. The molecule has 26 heavy (non-hydrogen) atoms. The van der Waals surface area contributed by atoms with Gasteiger partial charge in [-0.25, -0.2) is 4.79 Å². The molecule has 3 N–H and O–H groups in total. The summed E-state index contributed by atoms with van der Waals surface area (Å²) in [5, 5.41) is 15.1. The highest BCUT2D eigenvalue weighted by Gasteiger charge is 2.12. The molecule has 3 aromatic rings. The Bertz CT molecular complexity index is 923. The molecule has 5 heteroatoms. The van der Waals surface area contributed by atoms with Crippen molar-refractivity contribution in [1.82, 2.24) is 0 Å². The average molecular weight is 346 g/mol. The van der Waals surface area contributed by atoms with E-state index in [2.05, 4.69) is 10.6 Å². The van der Waals surface area contributed by atoms with Crippen LogP contribution in [-0.4, -0.2) is 17.0 Å². The van der Waals surface area contributed by atoms with Crippen LogP contribution in [0.5, 0.6) is 0 Å². The summed E-state index contributed by atoms with van der Waals surface area (Å²) in [6.07, 6.45) is 0. The molecule has 3 rings (SSSR count). The maximum Gasteiger partial charge on any atom is 0.335 e. The highest BCUT2D eigenvalue weighted by atomic mass is 16.4. The van der Waals surface area contributed by atoms with Gasteiger partial charge >= 0.3 is 5.97 Å². The number of aromatic carboxylic acids is 1. The second-order valence-electron chi connectivity index (χ2n) is 5.72. The second kappa shape index (κ2) is 7.98. The Morgan fingerprint density at radius 2 is 1.58 bits per heavy atom. The van der Waals surface area contributed by atoms with E-state index in [1.807, 2.05) is 42.5 Å². The molecule has 0 heterocycles. The Labute approximate surface area is 151 Å². The molecule has 0 saturated heterocycles. The lowest BCUT2D eigenvalue weighted by Crippen LogP contribution is -2.15. The first kappa shape index (κ1) is 17.2. The predicted molar refractivity (Wildman–Crippen MR) is 102 cm³/mol. The molecule has 0 unspecified atom stereocenters. The van der Waals surface area contributed by atoms with Gasteiger partial charge in [0.1, 0.15) is 0 Å². The molecule has 0 atom stereocenters. The molecule has 0 spiro atoms. The van der Waals surface area contributed by atoms with Crippen molar-refractivity contribution in [2.24, 2.45) is 0 Å². The van der Waals surface area contributed by atoms with Gasteiger partial charge in [-0.1, -0.05) is 48.5 Å². The van der Waals surface area contributed by atoms with E-state index in [1.54, 1.807) is 24.3 Å². The molecular weight excluding hydrogens is 328 g/mol. The summed E-state index contributed by atoms with van der Waals surface area (Å²) in [5.41, 5.74) is 2.87. The summed E-state index contributed by atoms with van der Waals surface area (Å²) in [5.74, 6) is -1.34. The summed E-state index contributed by atoms with van der Waals surface area (Å²) >= 11 is 0. The van der Waals surface area contributed by atoms with Gasteiger partial charge in [0.25, 0.3) is 5.91 Å². The highest BCUT2D eigenvalue weighted by Crippen LogP contribution is 2.19. The molecule has 0 aliphatic carbocycles. The van der Waals surface area contributed by atoms with Crippen LogP contribution in [0.1, 0.15) is 26.3 Å². The van der Waals surface area contributed by atoms with Gasteiger partial charge in [0.2, 0.25) is 0 Å². The number of amides is 1. The van der Waals surface area contributed by atoms with E-state index in [0.717, 1.165) is 5.56 Å². The van der Waals surface area contributed by atoms with Crippen LogP contribution >= 0.6 is 0 Å². The molecular formula is C21H18N2O3. The third-order valence-electron chi connectivity index (χ3n) is 3.86. The number of carboxylic acids is 1. The van der Waals surface area contributed by atoms with Gasteiger partial charge < -0.3 is 15.7 Å². The minimum absolute atomic E-state index is 0.123. The number of carbonyl (C=O) groups excluding carboxylic acids is 1. The summed E-state index contributed by atoms with van der Waals surface area (Å²) in [6.45, 7) is 0.597. The zero-order chi connectivity index (χ0) is 18.4. The molecule has 0 aliphatic heterocycles. The standard InChI is InChI=1S/C21H18N2O3/c24-20(23-17-10-6-9-16(13-17)21(25)26)18-11-4-5-12-19(18)22-14-15-7-2-1-3-8-15/h1-13,22H,14H2,(H,23,24)(H,25,26). The number of para-hydroxylation sites is 1. The third-order valence-corrected chi connectivity index (χ3v) is 3.86. The number of carboxylic acid groups (broad SMARTS) is 1. The van der Waals surface area contributed by atoms with Crippen LogP contribution in [0.15, 0.2) is 78.9 Å². The molecule has 130 valence electrons. The van der Waals surface area contributed by atoms with Crippen LogP contribution in [0, 0.1) is 0 Å². The predicted octanol–water partition coefficient (Wildman–Crippen LogP) is 4.25. The number of hydrogen-bond acceptors (Lipinski definition) is 3. The van der Waals surface area contributed by atoms with Crippen LogP contribution in [0.4, 0.5) is 11.4 Å². The molecule has 1 amide bonds. The molecule has 3 aromatic carbocycles. The fraction of sp³-hybridized carbons (Fsp3) is 0.0476. The van der Waals surface area contributed by atoms with Crippen molar-refractivity contribution < 1.29 is 14.7 Å². The lowest BCUT2D eigenvalue weighted by atomic mass is 10.1. The summed E-state index contributed by atoms with van der Waals surface area (Å²) < 4.78 is 0. The van der Waals surface area contributed by atoms with E-state index >= 15 is 0 Å². The van der Waals surface area contributed by atoms with E-state index in [9.17, 15) is 9.59 Å². The second-order valence-corrected chi connectivity index (χ2v) is 5.72. The first-order valence-corrected chi connectivity index (χ1v) is 8.15. The fourth-order valence-corrected chi connectivity index (χ4v) is 2.56. The minimum atomic E-state index is -1.04. The normalized spacial score (nSPS) is 10.2. The monoisotopic (exact) mass is 346 g/mol. The van der Waals surface area contributed by atoms with E-state index < -0.39 is 5.97 Å². The van der Waals surface area contributed by atoms with E-state index in [1.165, 1.54) is 12.1 Å². The van der Waals surface area contributed by atoms with Gasteiger partial charge in [0, 0.05) is 17.9 Å². The van der Waals surface area contributed by atoms with Crippen LogP contribution < -0.4 is 10.6 Å². The molecule has 0 aliphatic rings. The average Bonchev–Trinajstić information content (AvgIpc) is 2.67. The lowest BCUT2D eigenvalue weighted by molar-refractivity contribution is 0.0696. The Morgan fingerprint density at radius 3 is 2.35 bits per heavy atom. The largest absolute Gasteiger partial charge is 0.478 e. The Morgan fingerprint density at radius 1 is 0.846 bits per heavy atom.